The van der Waals surface area contributed by atoms with Crippen molar-refractivity contribution in [3.63, 3.8) is 0 Å². The van der Waals surface area contributed by atoms with Crippen LogP contribution in [0.1, 0.15) is 28.4 Å². The van der Waals surface area contributed by atoms with Gasteiger partial charge in [0.1, 0.15) is 0 Å². The monoisotopic (exact) mass is 412 g/mol. The fourth-order valence-corrected chi connectivity index (χ4v) is 3.10. The Balaban J connectivity index is 1.76. The lowest BCUT2D eigenvalue weighted by atomic mass is 10.0. The molecule has 0 unspecified atom stereocenters. The lowest BCUT2D eigenvalue weighted by Gasteiger charge is -2.19. The van der Waals surface area contributed by atoms with Gasteiger partial charge in [0.15, 0.2) is 0 Å². The number of hydrogen-bond acceptors (Lipinski definition) is 2. The third-order valence-corrected chi connectivity index (χ3v) is 4.72. The molecule has 4 nitrogen and oxygen atoms in total. The van der Waals surface area contributed by atoms with Crippen LogP contribution >= 0.6 is 23.2 Å². The van der Waals surface area contributed by atoms with E-state index in [1.807, 2.05) is 30.3 Å². The molecule has 0 aliphatic carbocycles. The van der Waals surface area contributed by atoms with E-state index in [1.54, 1.807) is 48.5 Å². The van der Waals surface area contributed by atoms with Crippen LogP contribution in [0.5, 0.6) is 0 Å². The van der Waals surface area contributed by atoms with Crippen molar-refractivity contribution in [1.29, 1.82) is 0 Å². The Kier molecular flexibility index (Phi) is 6.69. The Labute approximate surface area is 173 Å². The van der Waals surface area contributed by atoms with Crippen LogP contribution in [-0.4, -0.2) is 11.8 Å². The highest BCUT2D eigenvalue weighted by Crippen LogP contribution is 2.21. The van der Waals surface area contributed by atoms with Gasteiger partial charge in [-0.25, -0.2) is 0 Å². The van der Waals surface area contributed by atoms with Crippen LogP contribution in [0, 0.1) is 0 Å². The van der Waals surface area contributed by atoms with Crippen molar-refractivity contribution < 1.29 is 9.59 Å². The number of rotatable bonds is 6. The second-order valence-corrected chi connectivity index (χ2v) is 7.02. The minimum Gasteiger partial charge on any atom is -0.345 e. The van der Waals surface area contributed by atoms with Crippen LogP contribution < -0.4 is 10.6 Å². The number of hydrogen-bond donors (Lipinski definition) is 2. The molecule has 0 aromatic heterocycles. The molecule has 1 atom stereocenters. The lowest BCUT2D eigenvalue weighted by Crippen LogP contribution is -2.31. The highest BCUT2D eigenvalue weighted by atomic mass is 35.5. The van der Waals surface area contributed by atoms with E-state index in [1.165, 1.54) is 0 Å². The summed E-state index contributed by atoms with van der Waals surface area (Å²) >= 11 is 12.0. The van der Waals surface area contributed by atoms with Crippen molar-refractivity contribution in [3.8, 4) is 0 Å². The molecule has 2 N–H and O–H groups in total. The fourth-order valence-electron chi connectivity index (χ4n) is 2.75. The molecule has 2 amide bonds. The number of carbonyl (C=O) groups is 2. The summed E-state index contributed by atoms with van der Waals surface area (Å²) in [5, 5.41) is 6.68. The summed E-state index contributed by atoms with van der Waals surface area (Å²) in [5.74, 6) is -0.561. The zero-order valence-corrected chi connectivity index (χ0v) is 16.4. The summed E-state index contributed by atoms with van der Waals surface area (Å²) in [5.41, 5.74) is 1.83. The van der Waals surface area contributed by atoms with Gasteiger partial charge in [-0.3, -0.25) is 9.59 Å². The van der Waals surface area contributed by atoms with Gasteiger partial charge >= 0.3 is 0 Å². The van der Waals surface area contributed by atoms with Gasteiger partial charge in [-0.15, -0.1) is 0 Å². The van der Waals surface area contributed by atoms with Crippen LogP contribution in [0.25, 0.3) is 0 Å². The first kappa shape index (κ1) is 19.9. The van der Waals surface area contributed by atoms with E-state index in [0.29, 0.717) is 21.3 Å². The first-order valence-corrected chi connectivity index (χ1v) is 9.44. The Morgan fingerprint density at radius 2 is 1.46 bits per heavy atom. The first-order valence-electron chi connectivity index (χ1n) is 8.68. The van der Waals surface area contributed by atoms with Crippen molar-refractivity contribution in [1.82, 2.24) is 5.32 Å². The van der Waals surface area contributed by atoms with Crippen LogP contribution in [0.2, 0.25) is 10.0 Å². The number of anilines is 1. The zero-order valence-electron chi connectivity index (χ0n) is 14.9. The van der Waals surface area contributed by atoms with E-state index in [-0.39, 0.29) is 18.2 Å². The Hall–Kier alpha value is -2.82. The molecule has 0 aliphatic rings. The summed E-state index contributed by atoms with van der Waals surface area (Å²) < 4.78 is 0. The predicted octanol–water partition coefficient (Wildman–Crippen LogP) is 5.49. The lowest BCUT2D eigenvalue weighted by molar-refractivity contribution is -0.116. The van der Waals surface area contributed by atoms with Gasteiger partial charge in [0.05, 0.1) is 23.0 Å². The van der Waals surface area contributed by atoms with Crippen molar-refractivity contribution >= 4 is 40.7 Å². The summed E-state index contributed by atoms with van der Waals surface area (Å²) in [6.07, 6.45) is 0.0723. The molecule has 28 heavy (non-hydrogen) atoms. The van der Waals surface area contributed by atoms with Gasteiger partial charge in [0.2, 0.25) is 5.91 Å². The highest BCUT2D eigenvalue weighted by Gasteiger charge is 2.20. The third kappa shape index (κ3) is 5.35. The maximum absolute atomic E-state index is 12.7. The zero-order chi connectivity index (χ0) is 19.9. The van der Waals surface area contributed by atoms with E-state index in [2.05, 4.69) is 10.6 Å². The fraction of sp³-hybridized carbons (Fsp3) is 0.0909. The van der Waals surface area contributed by atoms with Gasteiger partial charge in [-0.2, -0.15) is 0 Å². The Morgan fingerprint density at radius 1 is 0.821 bits per heavy atom. The number of nitrogens with one attached hydrogen (secondary N) is 2. The maximum Gasteiger partial charge on any atom is 0.253 e. The second kappa shape index (κ2) is 9.40. The Morgan fingerprint density at radius 3 is 2.14 bits per heavy atom. The first-order chi connectivity index (χ1) is 13.5. The highest BCUT2D eigenvalue weighted by molar-refractivity contribution is 6.33. The van der Waals surface area contributed by atoms with Gasteiger partial charge in [0, 0.05) is 10.7 Å². The number of benzene rings is 3. The molecule has 0 fully saturated rings. The number of carbonyl (C=O) groups excluding carboxylic acids is 2. The molecule has 3 rings (SSSR count). The van der Waals surface area contributed by atoms with Crippen LogP contribution in [0.4, 0.5) is 5.69 Å². The molecule has 0 saturated heterocycles. The van der Waals surface area contributed by atoms with Crippen molar-refractivity contribution in [2.45, 2.75) is 12.5 Å². The van der Waals surface area contributed by atoms with Crippen LogP contribution in [-0.2, 0) is 4.79 Å². The quantitative estimate of drug-likeness (QED) is 0.561. The molecule has 0 heterocycles. The van der Waals surface area contributed by atoms with E-state index in [4.69, 9.17) is 23.2 Å². The normalized spacial score (nSPS) is 11.5. The summed E-state index contributed by atoms with van der Waals surface area (Å²) in [7, 11) is 0. The minimum absolute atomic E-state index is 0.0723. The molecule has 0 saturated carbocycles. The smallest absolute Gasteiger partial charge is 0.253 e. The molecular weight excluding hydrogens is 395 g/mol. The maximum atomic E-state index is 12.7. The molecule has 142 valence electrons. The van der Waals surface area contributed by atoms with Crippen LogP contribution in [0.15, 0.2) is 78.9 Å². The molecule has 0 spiro atoms. The summed E-state index contributed by atoms with van der Waals surface area (Å²) in [6, 6.07) is 22.5. The molecule has 3 aromatic rings. The van der Waals surface area contributed by atoms with E-state index < -0.39 is 6.04 Å². The molecular formula is C22H18Cl2N2O2. The standard InChI is InChI=1S/C22H18Cl2N2O2/c23-16-10-12-17(13-11-16)25-21(27)14-20(15-6-2-1-3-7-15)26-22(28)18-8-4-5-9-19(18)24/h1-13,20H,14H2,(H,25,27)(H,26,28)/t20-/m1/s1. The van der Waals surface area contributed by atoms with Gasteiger partial charge in [-0.05, 0) is 42.0 Å². The average Bonchev–Trinajstić information content (AvgIpc) is 2.70. The largest absolute Gasteiger partial charge is 0.345 e. The van der Waals surface area contributed by atoms with E-state index in [9.17, 15) is 9.59 Å². The van der Waals surface area contributed by atoms with Crippen molar-refractivity contribution in [3.05, 3.63) is 100 Å². The van der Waals surface area contributed by atoms with Crippen molar-refractivity contribution in [2.24, 2.45) is 0 Å². The summed E-state index contributed by atoms with van der Waals surface area (Å²) in [4.78, 5) is 25.2. The molecule has 3 aromatic carbocycles. The van der Waals surface area contributed by atoms with Gasteiger partial charge in [-0.1, -0.05) is 65.7 Å². The van der Waals surface area contributed by atoms with Gasteiger partial charge < -0.3 is 10.6 Å². The van der Waals surface area contributed by atoms with E-state index >= 15 is 0 Å². The molecule has 0 bridgehead atoms. The number of halogens is 2. The summed E-state index contributed by atoms with van der Waals surface area (Å²) in [6.45, 7) is 0. The molecule has 0 radical (unpaired) electrons. The SMILES string of the molecule is O=C(C[C@@H](NC(=O)c1ccccc1Cl)c1ccccc1)Nc1ccc(Cl)cc1. The second-order valence-electron chi connectivity index (χ2n) is 6.18. The molecule has 6 heteroatoms. The average molecular weight is 413 g/mol. The minimum atomic E-state index is -0.503. The number of amides is 2. The predicted molar refractivity (Wildman–Crippen MR) is 113 cm³/mol. The van der Waals surface area contributed by atoms with E-state index in [0.717, 1.165) is 5.56 Å². The third-order valence-electron chi connectivity index (χ3n) is 4.14. The van der Waals surface area contributed by atoms with Crippen molar-refractivity contribution in [2.75, 3.05) is 5.32 Å². The topological polar surface area (TPSA) is 58.2 Å². The van der Waals surface area contributed by atoms with Gasteiger partial charge in [0.25, 0.3) is 5.91 Å². The van der Waals surface area contributed by atoms with Crippen LogP contribution in [0.3, 0.4) is 0 Å². The molecule has 0 aliphatic heterocycles. The Bertz CT molecular complexity index is 960.